The summed E-state index contributed by atoms with van der Waals surface area (Å²) in [7, 11) is 2.98. The highest BCUT2D eigenvalue weighted by molar-refractivity contribution is 5.90. The van der Waals surface area contributed by atoms with Crippen molar-refractivity contribution < 1.29 is 27.9 Å². The Morgan fingerprint density at radius 3 is 2.54 bits per heavy atom. The maximum absolute atomic E-state index is 13.7. The summed E-state index contributed by atoms with van der Waals surface area (Å²) in [6.45, 7) is 3.27. The number of methoxy groups -OCH3 is 2. The lowest BCUT2D eigenvalue weighted by Crippen LogP contribution is -2.10. The van der Waals surface area contributed by atoms with Crippen molar-refractivity contribution in [1.82, 2.24) is 10.1 Å². The summed E-state index contributed by atoms with van der Waals surface area (Å²) < 4.78 is 34.6. The molecule has 8 heteroatoms. The van der Waals surface area contributed by atoms with Gasteiger partial charge in [0.1, 0.15) is 5.82 Å². The Morgan fingerprint density at radius 1 is 1.11 bits per heavy atom. The molecule has 2 aromatic carbocycles. The third-order valence-electron chi connectivity index (χ3n) is 4.12. The van der Waals surface area contributed by atoms with Crippen LogP contribution in [0.4, 0.5) is 4.39 Å². The average Bonchev–Trinajstić information content (AvgIpc) is 3.19. The zero-order valence-electron chi connectivity index (χ0n) is 15.9. The van der Waals surface area contributed by atoms with Crippen LogP contribution in [-0.2, 0) is 4.74 Å². The van der Waals surface area contributed by atoms with E-state index in [1.807, 2.05) is 0 Å². The third kappa shape index (κ3) is 3.95. The van der Waals surface area contributed by atoms with Gasteiger partial charge < -0.3 is 18.7 Å². The van der Waals surface area contributed by atoms with Crippen LogP contribution in [0.1, 0.15) is 34.8 Å². The van der Waals surface area contributed by atoms with Crippen molar-refractivity contribution in [2.75, 3.05) is 14.2 Å². The number of rotatable bonds is 6. The van der Waals surface area contributed by atoms with E-state index in [1.54, 1.807) is 38.1 Å². The molecule has 0 fully saturated rings. The Hall–Kier alpha value is -3.42. The fraction of sp³-hybridized carbons (Fsp3) is 0.250. The summed E-state index contributed by atoms with van der Waals surface area (Å²) in [6.07, 6.45) is -0.794. The number of hydrogen-bond acceptors (Lipinski definition) is 7. The number of esters is 1. The van der Waals surface area contributed by atoms with Crippen molar-refractivity contribution in [1.29, 1.82) is 0 Å². The van der Waals surface area contributed by atoms with Gasteiger partial charge in [-0.25, -0.2) is 9.18 Å². The van der Waals surface area contributed by atoms with Gasteiger partial charge in [0.15, 0.2) is 17.6 Å². The van der Waals surface area contributed by atoms with Gasteiger partial charge in [-0.1, -0.05) is 17.3 Å². The first-order valence-electron chi connectivity index (χ1n) is 8.46. The number of carbonyl (C=O) groups excluding carboxylic acids is 1. The smallest absolute Gasteiger partial charge is 0.339 e. The minimum absolute atomic E-state index is 0.102. The minimum atomic E-state index is -0.794. The Morgan fingerprint density at radius 2 is 1.86 bits per heavy atom. The number of carbonyl (C=O) groups is 1. The molecule has 0 saturated heterocycles. The Balaban J connectivity index is 1.74. The number of aryl methyl sites for hydroxylation is 1. The highest BCUT2D eigenvalue weighted by Crippen LogP contribution is 2.29. The van der Waals surface area contributed by atoms with E-state index >= 15 is 0 Å². The van der Waals surface area contributed by atoms with Gasteiger partial charge in [0.25, 0.3) is 5.89 Å². The second kappa shape index (κ2) is 8.08. The molecule has 3 aromatic rings. The number of benzene rings is 2. The molecule has 1 heterocycles. The van der Waals surface area contributed by atoms with E-state index < -0.39 is 12.1 Å². The summed E-state index contributed by atoms with van der Waals surface area (Å²) in [5.74, 6) is 0.268. The van der Waals surface area contributed by atoms with Gasteiger partial charge in [0.2, 0.25) is 5.82 Å². The van der Waals surface area contributed by atoms with Gasteiger partial charge in [0.05, 0.1) is 19.8 Å². The standard InChI is InChI=1S/C20H19FN2O5/c1-11-5-6-13(9-15(11)21)18-22-19(28-23-18)12(2)27-20(24)14-7-8-16(25-3)17(10-14)26-4/h5-10,12H,1-4H3. The summed E-state index contributed by atoms with van der Waals surface area (Å²) in [5.41, 5.74) is 1.27. The van der Waals surface area contributed by atoms with Crippen LogP contribution in [0.2, 0.25) is 0 Å². The lowest BCUT2D eigenvalue weighted by Gasteiger charge is -2.11. The van der Waals surface area contributed by atoms with Crippen LogP contribution >= 0.6 is 0 Å². The first kappa shape index (κ1) is 19.3. The fourth-order valence-electron chi connectivity index (χ4n) is 2.49. The molecule has 146 valence electrons. The molecule has 3 rings (SSSR count). The Labute approximate surface area is 161 Å². The molecule has 0 aliphatic carbocycles. The van der Waals surface area contributed by atoms with Crippen molar-refractivity contribution in [3.8, 4) is 22.9 Å². The molecular weight excluding hydrogens is 367 g/mol. The molecule has 28 heavy (non-hydrogen) atoms. The maximum Gasteiger partial charge on any atom is 0.339 e. The van der Waals surface area contributed by atoms with Crippen LogP contribution in [-0.4, -0.2) is 30.3 Å². The largest absolute Gasteiger partial charge is 0.493 e. The zero-order valence-corrected chi connectivity index (χ0v) is 15.9. The quantitative estimate of drug-likeness (QED) is 0.589. The van der Waals surface area contributed by atoms with Gasteiger partial charge in [-0.2, -0.15) is 4.98 Å². The van der Waals surface area contributed by atoms with Gasteiger partial charge >= 0.3 is 5.97 Å². The topological polar surface area (TPSA) is 83.7 Å². The van der Waals surface area contributed by atoms with Crippen LogP contribution in [0.3, 0.4) is 0 Å². The second-order valence-corrected chi connectivity index (χ2v) is 6.04. The van der Waals surface area contributed by atoms with E-state index in [9.17, 15) is 9.18 Å². The van der Waals surface area contributed by atoms with Gasteiger partial charge in [-0.15, -0.1) is 0 Å². The van der Waals surface area contributed by atoms with Crippen LogP contribution in [0.25, 0.3) is 11.4 Å². The van der Waals surface area contributed by atoms with E-state index in [0.29, 0.717) is 22.6 Å². The summed E-state index contributed by atoms with van der Waals surface area (Å²) >= 11 is 0. The summed E-state index contributed by atoms with van der Waals surface area (Å²) in [4.78, 5) is 16.6. The molecule has 0 bridgehead atoms. The van der Waals surface area contributed by atoms with E-state index in [0.717, 1.165) is 0 Å². The Bertz CT molecular complexity index is 1000. The van der Waals surface area contributed by atoms with Gasteiger partial charge in [0, 0.05) is 5.56 Å². The van der Waals surface area contributed by atoms with Gasteiger partial charge in [-0.05, 0) is 43.7 Å². The molecule has 7 nitrogen and oxygen atoms in total. The van der Waals surface area contributed by atoms with Crippen molar-refractivity contribution in [3.05, 3.63) is 59.2 Å². The molecule has 1 aromatic heterocycles. The third-order valence-corrected chi connectivity index (χ3v) is 4.12. The Kier molecular flexibility index (Phi) is 5.58. The minimum Gasteiger partial charge on any atom is -0.493 e. The van der Waals surface area contributed by atoms with Crippen LogP contribution in [0.5, 0.6) is 11.5 Å². The van der Waals surface area contributed by atoms with Crippen LogP contribution < -0.4 is 9.47 Å². The normalized spacial score (nSPS) is 11.8. The number of nitrogens with zero attached hydrogens (tertiary/aromatic N) is 2. The van der Waals surface area contributed by atoms with E-state index in [1.165, 1.54) is 26.4 Å². The van der Waals surface area contributed by atoms with Crippen LogP contribution in [0, 0.1) is 12.7 Å². The lowest BCUT2D eigenvalue weighted by molar-refractivity contribution is 0.0265. The SMILES string of the molecule is COc1ccc(C(=O)OC(C)c2nc(-c3ccc(C)c(F)c3)no2)cc1OC. The maximum atomic E-state index is 13.7. The monoisotopic (exact) mass is 386 g/mol. The average molecular weight is 386 g/mol. The molecule has 0 amide bonds. The molecule has 0 saturated carbocycles. The fourth-order valence-corrected chi connectivity index (χ4v) is 2.49. The molecule has 0 aliphatic heterocycles. The van der Waals surface area contributed by atoms with E-state index in [2.05, 4.69) is 10.1 Å². The van der Waals surface area contributed by atoms with E-state index in [-0.39, 0.29) is 23.1 Å². The summed E-state index contributed by atoms with van der Waals surface area (Å²) in [6, 6.07) is 9.32. The zero-order chi connectivity index (χ0) is 20.3. The molecule has 0 aliphatic rings. The van der Waals surface area contributed by atoms with Crippen molar-refractivity contribution >= 4 is 5.97 Å². The summed E-state index contributed by atoms with van der Waals surface area (Å²) in [5, 5.41) is 3.83. The highest BCUT2D eigenvalue weighted by Gasteiger charge is 2.21. The number of hydrogen-bond donors (Lipinski definition) is 0. The number of ether oxygens (including phenoxy) is 3. The van der Waals surface area contributed by atoms with Crippen LogP contribution in [0.15, 0.2) is 40.9 Å². The van der Waals surface area contributed by atoms with Crippen molar-refractivity contribution in [2.24, 2.45) is 0 Å². The first-order valence-corrected chi connectivity index (χ1v) is 8.46. The predicted molar refractivity (Wildman–Crippen MR) is 97.8 cm³/mol. The van der Waals surface area contributed by atoms with Crippen molar-refractivity contribution in [2.45, 2.75) is 20.0 Å². The second-order valence-electron chi connectivity index (χ2n) is 6.04. The molecule has 1 unspecified atom stereocenters. The molecule has 0 N–H and O–H groups in total. The number of aromatic nitrogens is 2. The van der Waals surface area contributed by atoms with Gasteiger partial charge in [-0.3, -0.25) is 0 Å². The molecular formula is C20H19FN2O5. The highest BCUT2D eigenvalue weighted by atomic mass is 19.1. The molecule has 0 spiro atoms. The van der Waals surface area contributed by atoms with Crippen molar-refractivity contribution in [3.63, 3.8) is 0 Å². The number of halogens is 1. The molecule has 1 atom stereocenters. The predicted octanol–water partition coefficient (Wildman–Crippen LogP) is 4.12. The lowest BCUT2D eigenvalue weighted by atomic mass is 10.1. The first-order chi connectivity index (χ1) is 13.4. The van der Waals surface area contributed by atoms with E-state index in [4.69, 9.17) is 18.7 Å². The molecule has 0 radical (unpaired) electrons.